The molecule has 0 amide bonds. The molecule has 0 aliphatic heterocycles. The second kappa shape index (κ2) is 13.9. The van der Waals surface area contributed by atoms with Crippen LogP contribution >= 0.6 is 0 Å². The van der Waals surface area contributed by atoms with Crippen molar-refractivity contribution in [1.82, 2.24) is 0 Å². The summed E-state index contributed by atoms with van der Waals surface area (Å²) < 4.78 is 0. The van der Waals surface area contributed by atoms with Crippen LogP contribution in [0.1, 0.15) is 25.7 Å². The fourth-order valence-electron chi connectivity index (χ4n) is 1.37. The van der Waals surface area contributed by atoms with Crippen LogP contribution < -0.4 is 30.6 Å². The van der Waals surface area contributed by atoms with Gasteiger partial charge in [-0.1, -0.05) is 0 Å². The zero-order valence-electron chi connectivity index (χ0n) is 13.6. The third-order valence-electron chi connectivity index (χ3n) is 2.51. The molecule has 0 saturated heterocycles. The van der Waals surface area contributed by atoms with E-state index in [1.165, 1.54) is 0 Å². The summed E-state index contributed by atoms with van der Waals surface area (Å²) in [6, 6.07) is 0. The number of aliphatic carboxylic acids is 6. The largest absolute Gasteiger partial charge is 3.00 e. The van der Waals surface area contributed by atoms with Crippen molar-refractivity contribution < 1.29 is 86.7 Å². The quantitative estimate of drug-likeness (QED) is 0.286. The predicted molar refractivity (Wildman–Crippen MR) is 64.2 cm³/mol. The van der Waals surface area contributed by atoms with Gasteiger partial charge in [0.1, 0.15) is 11.2 Å². The number of carbonyl (C=O) groups excluding carboxylic acids is 6. The maximum atomic E-state index is 10.1. The van der Waals surface area contributed by atoms with Crippen LogP contribution in [0.4, 0.5) is 0 Å². The van der Waals surface area contributed by atoms with Crippen molar-refractivity contribution in [2.75, 3.05) is 0 Å². The molecule has 0 rings (SSSR count). The van der Waals surface area contributed by atoms with Gasteiger partial charge in [-0.15, -0.1) is 0 Å². The van der Waals surface area contributed by atoms with Crippen molar-refractivity contribution >= 4 is 53.2 Å². The maximum Gasteiger partial charge on any atom is 3.00 e. The predicted octanol–water partition coefficient (Wildman–Crippen LogP) is -10.9. The van der Waals surface area contributed by atoms with Crippen molar-refractivity contribution in [1.29, 1.82) is 0 Å². The van der Waals surface area contributed by atoms with Crippen LogP contribution in [0.3, 0.4) is 0 Å². The first-order valence-corrected chi connectivity index (χ1v) is 6.23. The summed E-state index contributed by atoms with van der Waals surface area (Å²) in [7, 11) is 0. The number of aliphatic hydroxyl groups is 2. The van der Waals surface area contributed by atoms with Crippen LogP contribution in [0.25, 0.3) is 0 Å². The zero-order valence-corrected chi connectivity index (χ0v) is 15.8. The van der Waals surface area contributed by atoms with E-state index in [9.17, 15) is 59.4 Å². The fourth-order valence-corrected chi connectivity index (χ4v) is 1.37. The summed E-state index contributed by atoms with van der Waals surface area (Å²) in [4.78, 5) is 60.0. The van der Waals surface area contributed by atoms with Gasteiger partial charge in [-0.2, -0.15) is 0 Å². The van der Waals surface area contributed by atoms with Crippen LogP contribution in [0.15, 0.2) is 0 Å². The van der Waals surface area contributed by atoms with Crippen LogP contribution in [0.2, 0.25) is 0 Å². The molecule has 153 valence electrons. The van der Waals surface area contributed by atoms with Gasteiger partial charge in [0, 0.05) is 49.6 Å². The summed E-state index contributed by atoms with van der Waals surface area (Å²) in [5, 5.41) is 77.9. The number of carboxylic acids is 6. The second-order valence-corrected chi connectivity index (χ2v) is 4.83. The fraction of sp³-hybridized carbons (Fsp3) is 0.500. The van der Waals surface area contributed by atoms with E-state index in [1.54, 1.807) is 0 Å². The Bertz CT molecular complexity index is 519. The van der Waals surface area contributed by atoms with Gasteiger partial charge >= 0.3 is 34.4 Å². The van der Waals surface area contributed by atoms with Gasteiger partial charge in [0.2, 0.25) is 0 Å². The van der Waals surface area contributed by atoms with E-state index in [2.05, 4.69) is 0 Å². The molecule has 28 heavy (non-hydrogen) atoms. The molecule has 14 nitrogen and oxygen atoms in total. The van der Waals surface area contributed by atoms with Crippen LogP contribution in [0.5, 0.6) is 0 Å². The summed E-state index contributed by atoms with van der Waals surface area (Å²) in [6.07, 6.45) is -5.43. The monoisotopic (exact) mass is 461 g/mol. The molecule has 16 heteroatoms. The Morgan fingerprint density at radius 2 is 0.679 bits per heavy atom. The third-order valence-corrected chi connectivity index (χ3v) is 2.51. The van der Waals surface area contributed by atoms with Gasteiger partial charge in [0.25, 0.3) is 0 Å². The molecular formula is C12H10AlFeO14. The van der Waals surface area contributed by atoms with E-state index in [-0.39, 0.29) is 34.4 Å². The van der Waals surface area contributed by atoms with Gasteiger partial charge in [-0.25, -0.2) is 0 Å². The van der Waals surface area contributed by atoms with Gasteiger partial charge in [0.05, 0.1) is 11.9 Å². The van der Waals surface area contributed by atoms with Crippen molar-refractivity contribution in [2.24, 2.45) is 0 Å². The molecule has 0 heterocycles. The van der Waals surface area contributed by atoms with Gasteiger partial charge in [-0.05, 0) is 0 Å². The Labute approximate surface area is 177 Å². The molecule has 0 saturated carbocycles. The van der Waals surface area contributed by atoms with Crippen molar-refractivity contribution in [2.45, 2.75) is 36.9 Å². The summed E-state index contributed by atoms with van der Waals surface area (Å²) in [5.41, 5.74) is -5.95. The van der Waals surface area contributed by atoms with Crippen LogP contribution in [-0.4, -0.2) is 74.6 Å². The molecule has 0 aliphatic carbocycles. The van der Waals surface area contributed by atoms with E-state index in [0.29, 0.717) is 0 Å². The molecule has 1 radical (unpaired) electrons. The molecule has 0 atom stereocenters. The van der Waals surface area contributed by atoms with E-state index < -0.39 is 72.7 Å². The van der Waals surface area contributed by atoms with E-state index in [0.717, 1.165) is 0 Å². The molecule has 0 aliphatic rings. The maximum absolute atomic E-state index is 10.1. The summed E-state index contributed by atoms with van der Waals surface area (Å²) >= 11 is 0. The summed E-state index contributed by atoms with van der Waals surface area (Å²) in [5.74, 6) is -12.0. The van der Waals surface area contributed by atoms with E-state index >= 15 is 0 Å². The average Bonchev–Trinajstić information content (AvgIpc) is 2.34. The third kappa shape index (κ3) is 13.9. The SMILES string of the molecule is O=C([O-])CC(O)(CC(=O)[O-])C(=O)[O-].O=C([O-])CC(O)(CC(=O)[O-])C(=O)[O-].[Al+3].[Fe+3]. The first-order valence-electron chi connectivity index (χ1n) is 6.23. The van der Waals surface area contributed by atoms with Crippen molar-refractivity contribution in [3.05, 3.63) is 0 Å². The first-order chi connectivity index (χ1) is 11.6. The van der Waals surface area contributed by atoms with E-state index in [4.69, 9.17) is 10.2 Å². The topological polar surface area (TPSA) is 281 Å². The molecule has 0 aromatic rings. The minimum atomic E-state index is -2.97. The normalized spacial score (nSPS) is 10.1. The molecule has 0 aromatic carbocycles. The molecule has 0 aromatic heterocycles. The van der Waals surface area contributed by atoms with Gasteiger partial charge in [0.15, 0.2) is 0 Å². The number of carboxylic acid groups (broad SMARTS) is 6. The van der Waals surface area contributed by atoms with Crippen molar-refractivity contribution in [3.63, 3.8) is 0 Å². The molecule has 0 unspecified atom stereocenters. The molecular weight excluding hydrogens is 451 g/mol. The second-order valence-electron chi connectivity index (χ2n) is 4.83. The number of hydrogen-bond donors (Lipinski definition) is 2. The Kier molecular flexibility index (Phi) is 16.6. The minimum absolute atomic E-state index is 0. The number of hydrogen-bond acceptors (Lipinski definition) is 14. The van der Waals surface area contributed by atoms with Gasteiger partial charge in [-0.3, -0.25) is 0 Å². The molecule has 0 bridgehead atoms. The zero-order chi connectivity index (χ0) is 21.3. The Morgan fingerprint density at radius 3 is 0.750 bits per heavy atom. The van der Waals surface area contributed by atoms with Crippen LogP contribution in [0, 0.1) is 0 Å². The van der Waals surface area contributed by atoms with Crippen molar-refractivity contribution in [3.8, 4) is 0 Å². The first kappa shape index (κ1) is 33.4. The number of rotatable bonds is 10. The van der Waals surface area contributed by atoms with E-state index in [1.807, 2.05) is 0 Å². The summed E-state index contributed by atoms with van der Waals surface area (Å²) in [6.45, 7) is 0. The average molecular weight is 461 g/mol. The smallest absolute Gasteiger partial charge is 0.550 e. The Balaban J connectivity index is -0.000000192. The Hall–Kier alpha value is -2.21. The minimum Gasteiger partial charge on any atom is -0.550 e. The Morgan fingerprint density at radius 1 is 0.536 bits per heavy atom. The molecule has 0 fully saturated rings. The van der Waals surface area contributed by atoms with Crippen LogP contribution in [-0.2, 0) is 45.8 Å². The molecule has 2 N–H and O–H groups in total. The number of carbonyl (C=O) groups is 6. The van der Waals surface area contributed by atoms with Gasteiger partial charge < -0.3 is 69.6 Å². The molecule has 0 spiro atoms. The standard InChI is InChI=1S/2C6H8O7.Al.Fe/c2*7-3(8)1-6(13,5(11)12)2-4(9)10;;/h2*13H,1-2H2,(H,7,8)(H,9,10)(H,11,12);;/q;;2*+3/p-6.